The van der Waals surface area contributed by atoms with Crippen molar-refractivity contribution < 1.29 is 58.2 Å². The lowest BCUT2D eigenvalue weighted by Gasteiger charge is -2.29. The van der Waals surface area contributed by atoms with E-state index in [1.807, 2.05) is 0 Å². The van der Waals surface area contributed by atoms with Crippen LogP contribution in [-0.2, 0) is 54.4 Å². The minimum absolute atomic E-state index is 0.0468. The van der Waals surface area contributed by atoms with Crippen LogP contribution in [0.1, 0.15) is 118 Å². The summed E-state index contributed by atoms with van der Waals surface area (Å²) < 4.78 is 0. The summed E-state index contributed by atoms with van der Waals surface area (Å²) in [6.45, 7) is 11.7. The van der Waals surface area contributed by atoms with E-state index in [-0.39, 0.29) is 37.9 Å². The van der Waals surface area contributed by atoms with Gasteiger partial charge in [0.1, 0.15) is 48.0 Å². The Kier molecular flexibility index (Phi) is 29.4. The molecule has 0 bridgehead atoms. The van der Waals surface area contributed by atoms with Gasteiger partial charge in [-0.1, -0.05) is 66.5 Å². The number of carboxylic acid groups (broad SMARTS) is 1. The van der Waals surface area contributed by atoms with Crippen LogP contribution in [0.3, 0.4) is 0 Å². The number of carbonyl (C=O) groups excluding carboxylic acids is 9. The van der Waals surface area contributed by atoms with Crippen molar-refractivity contribution in [2.75, 3.05) is 19.6 Å². The molecule has 0 fully saturated rings. The first-order valence-electron chi connectivity index (χ1n) is 24.7. The average molecular weight is 1020 g/mol. The summed E-state index contributed by atoms with van der Waals surface area (Å²) in [6, 6.07) is -3.85. The molecule has 0 aliphatic carbocycles. The van der Waals surface area contributed by atoms with Gasteiger partial charge in [-0.3, -0.25) is 43.2 Å². The molecule has 24 nitrogen and oxygen atoms in total. The topological polar surface area (TPSA) is 411 Å². The molecule has 18 N–H and O–H groups in total. The molecule has 0 spiro atoms. The third-order valence-corrected chi connectivity index (χ3v) is 12.2. The first kappa shape index (κ1) is 63.6. The lowest BCUT2D eigenvalue weighted by atomic mass is 9.96. The number of unbranched alkanes of at least 4 members (excludes halogenated alkanes) is 2. The van der Waals surface area contributed by atoms with Gasteiger partial charge >= 0.3 is 5.97 Å². The smallest absolute Gasteiger partial charge is 0.326 e. The fourth-order valence-electron chi connectivity index (χ4n) is 7.18. The molecule has 10 atom stereocenters. The summed E-state index contributed by atoms with van der Waals surface area (Å²) in [5.74, 6) is -9.37. The number of aliphatic carboxylic acids is 1. The number of hydrogen-bond acceptors (Lipinski definition) is 14. The lowest BCUT2D eigenvalue weighted by molar-refractivity contribution is -0.143. The van der Waals surface area contributed by atoms with Crippen LogP contribution >= 0.6 is 0 Å². The largest absolute Gasteiger partial charge is 0.508 e. The van der Waals surface area contributed by atoms with Crippen LogP contribution in [0.15, 0.2) is 24.3 Å². The van der Waals surface area contributed by atoms with Gasteiger partial charge in [-0.25, -0.2) is 4.79 Å². The molecule has 1 aromatic carbocycles. The van der Waals surface area contributed by atoms with Crippen molar-refractivity contribution in [1.29, 1.82) is 0 Å². The zero-order valence-electron chi connectivity index (χ0n) is 42.8. The zero-order valence-corrected chi connectivity index (χ0v) is 42.8. The summed E-state index contributed by atoms with van der Waals surface area (Å²) in [4.78, 5) is 131. The van der Waals surface area contributed by atoms with Crippen molar-refractivity contribution in [2.45, 2.75) is 167 Å². The van der Waals surface area contributed by atoms with E-state index in [1.54, 1.807) is 41.5 Å². The highest BCUT2D eigenvalue weighted by Gasteiger charge is 2.35. The van der Waals surface area contributed by atoms with Crippen LogP contribution in [0.25, 0.3) is 0 Å². The first-order chi connectivity index (χ1) is 33.9. The van der Waals surface area contributed by atoms with E-state index < -0.39 is 132 Å². The van der Waals surface area contributed by atoms with Crippen LogP contribution in [0.4, 0.5) is 0 Å². The Morgan fingerprint density at radius 1 is 0.556 bits per heavy atom. The highest BCUT2D eigenvalue weighted by atomic mass is 16.4. The van der Waals surface area contributed by atoms with Gasteiger partial charge in [0, 0.05) is 12.8 Å². The number of nitrogens with one attached hydrogen (secondary N) is 8. The molecule has 0 heterocycles. The molecule has 0 aliphatic rings. The lowest BCUT2D eigenvalue weighted by Crippen LogP contribution is -2.60. The fraction of sp³-hybridized carbons (Fsp3) is 0.667. The maximum absolute atomic E-state index is 13.9. The van der Waals surface area contributed by atoms with Gasteiger partial charge in [-0.15, -0.1) is 0 Å². The average Bonchev–Trinajstić information content (AvgIpc) is 3.33. The first-order valence-corrected chi connectivity index (χ1v) is 24.7. The molecule has 0 radical (unpaired) electrons. The third kappa shape index (κ3) is 23.2. The molecule has 72 heavy (non-hydrogen) atoms. The monoisotopic (exact) mass is 1020 g/mol. The highest BCUT2D eigenvalue weighted by Crippen LogP contribution is 2.15. The zero-order chi connectivity index (χ0) is 54.7. The fourth-order valence-corrected chi connectivity index (χ4v) is 7.18. The Labute approximate surface area is 422 Å². The van der Waals surface area contributed by atoms with E-state index >= 15 is 0 Å². The molecule has 24 heteroatoms. The standard InChI is InChI=1S/C48H82N12O12/c1-8-27(5)39(46(69)55-33(14-10-12-22-49)43(66)59-38(26(3)4)45(68)56-34(48(71)72)15-11-13-23-50)58-37(63)25-53-41(64)29(7)54-44(67)35(24-30-16-18-31(61)19-17-30)57-47(70)40(28(6)9-2)60-42(65)32(51)20-21-36(52)62/h16-19,26-29,32-35,38-40,61H,8-15,20-25,49-51H2,1-7H3,(H2,52,62)(H,53,64)(H,54,67)(H,55,69)(H,56,68)(H,57,70)(H,58,63)(H,59,66)(H,60,65)(H,71,72)/t27-,28-,29-,32-,33-,34-,35-,38-,39-,40-/m0/s1. The number of nitrogens with two attached hydrogens (primary N) is 4. The predicted molar refractivity (Wildman–Crippen MR) is 268 cm³/mol. The minimum Gasteiger partial charge on any atom is -0.508 e. The number of aromatic hydroxyl groups is 1. The van der Waals surface area contributed by atoms with Crippen LogP contribution in [0.5, 0.6) is 5.75 Å². The maximum atomic E-state index is 13.9. The number of rotatable bonds is 35. The van der Waals surface area contributed by atoms with Crippen molar-refractivity contribution in [3.05, 3.63) is 29.8 Å². The Morgan fingerprint density at radius 3 is 1.53 bits per heavy atom. The van der Waals surface area contributed by atoms with Crippen molar-refractivity contribution in [3.8, 4) is 5.75 Å². The van der Waals surface area contributed by atoms with Crippen molar-refractivity contribution in [2.24, 2.45) is 40.7 Å². The van der Waals surface area contributed by atoms with Gasteiger partial charge in [-0.2, -0.15) is 0 Å². The summed E-state index contributed by atoms with van der Waals surface area (Å²) >= 11 is 0. The Bertz CT molecular complexity index is 1960. The number of primary amides is 1. The van der Waals surface area contributed by atoms with Gasteiger partial charge in [0.2, 0.25) is 53.2 Å². The number of carbonyl (C=O) groups is 10. The van der Waals surface area contributed by atoms with Crippen molar-refractivity contribution >= 4 is 59.1 Å². The molecule has 9 amide bonds. The van der Waals surface area contributed by atoms with Gasteiger partial charge in [0.25, 0.3) is 0 Å². The second-order valence-corrected chi connectivity index (χ2v) is 18.6. The van der Waals surface area contributed by atoms with Crippen LogP contribution in [-0.4, -0.2) is 137 Å². The number of phenols is 1. The number of carboxylic acids is 1. The molecule has 0 aromatic heterocycles. The Balaban J connectivity index is 3.19. The van der Waals surface area contributed by atoms with Gasteiger partial charge in [0.15, 0.2) is 0 Å². The van der Waals surface area contributed by atoms with Crippen molar-refractivity contribution in [1.82, 2.24) is 42.5 Å². The number of phenolic OH excluding ortho intramolecular Hbond substituents is 1. The molecular formula is C48H82N12O12. The minimum atomic E-state index is -1.32. The van der Waals surface area contributed by atoms with Crippen LogP contribution in [0, 0.1) is 17.8 Å². The van der Waals surface area contributed by atoms with E-state index in [9.17, 15) is 58.2 Å². The molecule has 0 saturated heterocycles. The summed E-state index contributed by atoms with van der Waals surface area (Å²) in [6.07, 6.45) is 2.68. The Hall–Kier alpha value is -6.40. The van der Waals surface area contributed by atoms with Crippen LogP contribution < -0.4 is 65.5 Å². The van der Waals surface area contributed by atoms with Gasteiger partial charge in [0.05, 0.1) is 12.6 Å². The molecule has 0 saturated carbocycles. The summed E-state index contributed by atoms with van der Waals surface area (Å²) in [5, 5.41) is 40.2. The molecule has 406 valence electrons. The number of hydrogen-bond donors (Lipinski definition) is 14. The Morgan fingerprint density at radius 2 is 1.03 bits per heavy atom. The van der Waals surface area contributed by atoms with E-state index in [4.69, 9.17) is 22.9 Å². The molecule has 0 aliphatic heterocycles. The molecule has 1 rings (SSSR count). The SMILES string of the molecule is CC[C@H](C)[C@H](NC(=O)CNC(=O)[C@H](C)NC(=O)[C@H](Cc1ccc(O)cc1)NC(=O)[C@@H](NC(=O)[C@@H](N)CCC(N)=O)[C@@H](C)CC)C(=O)N[C@@H](CCCCN)C(=O)N[C@H](C(=O)N[C@@H](CCCCN)C(=O)O)C(C)C. The van der Waals surface area contributed by atoms with E-state index in [0.717, 1.165) is 0 Å². The van der Waals surface area contributed by atoms with Gasteiger partial charge < -0.3 is 75.7 Å². The predicted octanol–water partition coefficient (Wildman–Crippen LogP) is -1.85. The quantitative estimate of drug-likeness (QED) is 0.0332. The number of benzene rings is 1. The second kappa shape index (κ2) is 33.3. The normalized spacial score (nSPS) is 15.3. The van der Waals surface area contributed by atoms with E-state index in [1.165, 1.54) is 31.2 Å². The van der Waals surface area contributed by atoms with Crippen molar-refractivity contribution in [3.63, 3.8) is 0 Å². The van der Waals surface area contributed by atoms with E-state index in [2.05, 4.69) is 42.5 Å². The number of amides is 9. The second-order valence-electron chi connectivity index (χ2n) is 18.6. The molecular weight excluding hydrogens is 937 g/mol. The maximum Gasteiger partial charge on any atom is 0.326 e. The van der Waals surface area contributed by atoms with E-state index in [0.29, 0.717) is 57.2 Å². The van der Waals surface area contributed by atoms with Gasteiger partial charge in [-0.05, 0) is 100 Å². The molecule has 0 unspecified atom stereocenters. The third-order valence-electron chi connectivity index (χ3n) is 12.2. The summed E-state index contributed by atoms with van der Waals surface area (Å²) in [5.41, 5.74) is 22.9. The molecule has 1 aromatic rings. The van der Waals surface area contributed by atoms with Crippen LogP contribution in [0.2, 0.25) is 0 Å². The summed E-state index contributed by atoms with van der Waals surface area (Å²) in [7, 11) is 0. The highest BCUT2D eigenvalue weighted by molar-refractivity contribution is 5.97.